The van der Waals surface area contributed by atoms with Crippen molar-refractivity contribution in [2.75, 3.05) is 0 Å². The van der Waals surface area contributed by atoms with Crippen LogP contribution in [0.1, 0.15) is 25.0 Å². The van der Waals surface area contributed by atoms with E-state index in [-0.39, 0.29) is 0 Å². The van der Waals surface area contributed by atoms with E-state index in [0.29, 0.717) is 10.4 Å². The lowest BCUT2D eigenvalue weighted by atomic mass is 10.0. The molecule has 0 amide bonds. The Labute approximate surface area is 89.3 Å². The zero-order valence-corrected chi connectivity index (χ0v) is 9.18. The fraction of sp³-hybridized carbons (Fsp3) is 0.600. The van der Waals surface area contributed by atoms with Gasteiger partial charge in [0.1, 0.15) is 0 Å². The number of rotatable bonds is 4. The van der Waals surface area contributed by atoms with Crippen molar-refractivity contribution in [2.45, 2.75) is 32.7 Å². The Morgan fingerprint density at radius 1 is 1.71 bits per heavy atom. The van der Waals surface area contributed by atoms with Gasteiger partial charge in [-0.05, 0) is 31.2 Å². The third-order valence-electron chi connectivity index (χ3n) is 2.92. The number of hydrogen-bond donors (Lipinski definition) is 1. The van der Waals surface area contributed by atoms with Crippen LogP contribution in [-0.2, 0) is 6.54 Å². The van der Waals surface area contributed by atoms with Crippen molar-refractivity contribution in [1.29, 1.82) is 0 Å². The van der Waals surface area contributed by atoms with Crippen molar-refractivity contribution in [2.24, 2.45) is 11.1 Å². The van der Waals surface area contributed by atoms with Crippen molar-refractivity contribution < 1.29 is 0 Å². The molecule has 76 valence electrons. The van der Waals surface area contributed by atoms with E-state index in [0.717, 1.165) is 13.0 Å². The van der Waals surface area contributed by atoms with E-state index in [2.05, 4.69) is 12.0 Å². The van der Waals surface area contributed by atoms with E-state index in [4.69, 9.17) is 18.0 Å². The summed E-state index contributed by atoms with van der Waals surface area (Å²) >= 11 is 4.96. The van der Waals surface area contributed by atoms with Crippen molar-refractivity contribution >= 4 is 17.2 Å². The van der Waals surface area contributed by atoms with E-state index >= 15 is 0 Å². The normalized spacial score (nSPS) is 18.1. The van der Waals surface area contributed by atoms with Gasteiger partial charge in [-0.3, -0.25) is 4.68 Å². The van der Waals surface area contributed by atoms with Crippen molar-refractivity contribution in [3.8, 4) is 0 Å². The maximum Gasteiger partial charge on any atom is 0.0733 e. The number of aromatic nitrogens is 2. The summed E-state index contributed by atoms with van der Waals surface area (Å²) in [6.45, 7) is 3.03. The van der Waals surface area contributed by atoms with Crippen LogP contribution in [-0.4, -0.2) is 14.8 Å². The van der Waals surface area contributed by atoms with Crippen LogP contribution in [0, 0.1) is 12.3 Å². The lowest BCUT2D eigenvalue weighted by Crippen LogP contribution is -2.20. The summed E-state index contributed by atoms with van der Waals surface area (Å²) < 4.78 is 2.05. The van der Waals surface area contributed by atoms with Crippen molar-refractivity contribution in [3.63, 3.8) is 0 Å². The minimum absolute atomic E-state index is 0.322. The maximum absolute atomic E-state index is 5.59. The molecule has 0 unspecified atom stereocenters. The third kappa shape index (κ3) is 1.95. The first-order valence-corrected chi connectivity index (χ1v) is 5.29. The Balaban J connectivity index is 2.04. The van der Waals surface area contributed by atoms with Crippen LogP contribution in [0.5, 0.6) is 0 Å². The summed E-state index contributed by atoms with van der Waals surface area (Å²) in [7, 11) is 0. The monoisotopic (exact) mass is 209 g/mol. The SMILES string of the molecule is Cc1ccnn1CC1(CC(N)=S)CC1. The number of thiocarbonyl (C=S) groups is 1. The summed E-state index contributed by atoms with van der Waals surface area (Å²) in [5.74, 6) is 0. The molecule has 1 aliphatic carbocycles. The molecule has 0 aliphatic heterocycles. The fourth-order valence-corrected chi connectivity index (χ4v) is 2.13. The molecule has 0 atom stereocenters. The average Bonchev–Trinajstić information content (AvgIpc) is 2.70. The average molecular weight is 209 g/mol. The molecule has 0 bridgehead atoms. The topological polar surface area (TPSA) is 43.8 Å². The van der Waals surface area contributed by atoms with Gasteiger partial charge >= 0.3 is 0 Å². The molecular weight excluding hydrogens is 194 g/mol. The molecule has 0 saturated heterocycles. The first kappa shape index (κ1) is 9.65. The predicted molar refractivity (Wildman–Crippen MR) is 60.0 cm³/mol. The highest BCUT2D eigenvalue weighted by atomic mass is 32.1. The Bertz CT molecular complexity index is 352. The fourth-order valence-electron chi connectivity index (χ4n) is 1.82. The van der Waals surface area contributed by atoms with Crippen LogP contribution in [0.4, 0.5) is 0 Å². The van der Waals surface area contributed by atoms with Gasteiger partial charge in [-0.15, -0.1) is 0 Å². The van der Waals surface area contributed by atoms with Crippen LogP contribution in [0.15, 0.2) is 12.3 Å². The van der Waals surface area contributed by atoms with Gasteiger partial charge in [-0.2, -0.15) is 5.10 Å². The van der Waals surface area contributed by atoms with E-state index < -0.39 is 0 Å². The molecule has 1 aromatic rings. The molecule has 2 N–H and O–H groups in total. The second-order valence-electron chi connectivity index (χ2n) is 4.27. The summed E-state index contributed by atoms with van der Waals surface area (Å²) in [6, 6.07) is 2.02. The smallest absolute Gasteiger partial charge is 0.0733 e. The van der Waals surface area contributed by atoms with Gasteiger partial charge in [-0.25, -0.2) is 0 Å². The Hall–Kier alpha value is -0.900. The molecule has 1 fully saturated rings. The van der Waals surface area contributed by atoms with E-state index in [1.807, 2.05) is 16.9 Å². The minimum atomic E-state index is 0.322. The zero-order chi connectivity index (χ0) is 10.2. The lowest BCUT2D eigenvalue weighted by Gasteiger charge is -2.15. The van der Waals surface area contributed by atoms with Gasteiger partial charge in [0.15, 0.2) is 0 Å². The van der Waals surface area contributed by atoms with Gasteiger partial charge in [0.05, 0.1) is 4.99 Å². The highest BCUT2D eigenvalue weighted by Gasteiger charge is 2.43. The van der Waals surface area contributed by atoms with Gasteiger partial charge in [0.25, 0.3) is 0 Å². The predicted octanol–water partition coefficient (Wildman–Crippen LogP) is 1.65. The molecule has 0 aromatic carbocycles. The largest absolute Gasteiger partial charge is 0.393 e. The first-order chi connectivity index (χ1) is 6.61. The number of aryl methyl sites for hydroxylation is 1. The van der Waals surface area contributed by atoms with Gasteiger partial charge in [-0.1, -0.05) is 12.2 Å². The van der Waals surface area contributed by atoms with E-state index in [1.54, 1.807) is 0 Å². The lowest BCUT2D eigenvalue weighted by molar-refractivity contribution is 0.405. The maximum atomic E-state index is 5.59. The first-order valence-electron chi connectivity index (χ1n) is 4.88. The third-order valence-corrected chi connectivity index (χ3v) is 3.06. The minimum Gasteiger partial charge on any atom is -0.393 e. The summed E-state index contributed by atoms with van der Waals surface area (Å²) in [4.78, 5) is 0.632. The number of nitrogens with zero attached hydrogens (tertiary/aromatic N) is 2. The zero-order valence-electron chi connectivity index (χ0n) is 8.36. The van der Waals surface area contributed by atoms with Crippen LogP contribution < -0.4 is 5.73 Å². The molecular formula is C10H15N3S. The molecule has 2 rings (SSSR count). The Morgan fingerprint density at radius 3 is 2.86 bits per heavy atom. The summed E-state index contributed by atoms with van der Waals surface area (Å²) in [6.07, 6.45) is 5.15. The highest BCUT2D eigenvalue weighted by molar-refractivity contribution is 7.80. The second kappa shape index (κ2) is 3.35. The highest BCUT2D eigenvalue weighted by Crippen LogP contribution is 2.50. The van der Waals surface area contributed by atoms with Crippen molar-refractivity contribution in [1.82, 2.24) is 9.78 Å². The van der Waals surface area contributed by atoms with E-state index in [1.165, 1.54) is 18.5 Å². The standard InChI is InChI=1S/C10H15N3S/c1-8-2-5-12-13(8)7-10(3-4-10)6-9(11)14/h2,5H,3-4,6-7H2,1H3,(H2,11,14). The molecule has 4 heteroatoms. The quantitative estimate of drug-likeness (QED) is 0.767. The molecule has 1 saturated carbocycles. The van der Waals surface area contributed by atoms with Gasteiger partial charge < -0.3 is 5.73 Å². The molecule has 0 radical (unpaired) electrons. The number of hydrogen-bond acceptors (Lipinski definition) is 2. The Kier molecular flexibility index (Phi) is 2.31. The molecule has 0 spiro atoms. The summed E-state index contributed by atoms with van der Waals surface area (Å²) in [5, 5.41) is 4.28. The van der Waals surface area contributed by atoms with Gasteiger partial charge in [0, 0.05) is 24.9 Å². The van der Waals surface area contributed by atoms with Crippen LogP contribution in [0.2, 0.25) is 0 Å². The molecule has 1 heterocycles. The molecule has 14 heavy (non-hydrogen) atoms. The molecule has 3 nitrogen and oxygen atoms in total. The van der Waals surface area contributed by atoms with Crippen molar-refractivity contribution in [3.05, 3.63) is 18.0 Å². The second-order valence-corrected chi connectivity index (χ2v) is 4.80. The van der Waals surface area contributed by atoms with Gasteiger partial charge in [0.2, 0.25) is 0 Å². The Morgan fingerprint density at radius 2 is 2.43 bits per heavy atom. The van der Waals surface area contributed by atoms with Crippen LogP contribution >= 0.6 is 12.2 Å². The summed E-state index contributed by atoms with van der Waals surface area (Å²) in [5.41, 5.74) is 7.12. The van der Waals surface area contributed by atoms with Crippen LogP contribution in [0.25, 0.3) is 0 Å². The van der Waals surface area contributed by atoms with Crippen LogP contribution in [0.3, 0.4) is 0 Å². The molecule has 1 aliphatic rings. The number of nitrogens with two attached hydrogens (primary N) is 1. The molecule has 1 aromatic heterocycles. The van der Waals surface area contributed by atoms with E-state index in [9.17, 15) is 0 Å².